The van der Waals surface area contributed by atoms with Gasteiger partial charge < -0.3 is 0 Å². The summed E-state index contributed by atoms with van der Waals surface area (Å²) in [7, 11) is 0. The van der Waals surface area contributed by atoms with Crippen LogP contribution in [0, 0.1) is 5.92 Å². The Labute approximate surface area is 62.7 Å². The van der Waals surface area contributed by atoms with Gasteiger partial charge in [0.25, 0.3) is 0 Å². The lowest BCUT2D eigenvalue weighted by atomic mass is 10.3. The maximum absolute atomic E-state index is 2.20. The molecule has 0 aromatic rings. The molecule has 1 aliphatic heterocycles. The van der Waals surface area contributed by atoms with Crippen LogP contribution in [0.2, 0.25) is 0 Å². The Bertz CT molecular complexity index is 65.9. The predicted molar refractivity (Wildman–Crippen MR) is 46.7 cm³/mol. The summed E-state index contributed by atoms with van der Waals surface area (Å²) in [5.41, 5.74) is 0. The average Bonchev–Trinajstić information content (AvgIpc) is 2.11. The molecule has 0 saturated carbocycles. The van der Waals surface area contributed by atoms with E-state index in [1.165, 1.54) is 12.2 Å². The third kappa shape index (κ3) is 11.6. The number of hydrogen-bond donors (Lipinski definition) is 0. The Morgan fingerprint density at radius 1 is 1.33 bits per heavy atom. The first-order valence-corrected chi connectivity index (χ1v) is 4.55. The van der Waals surface area contributed by atoms with Crippen LogP contribution in [0.1, 0.15) is 27.2 Å². The van der Waals surface area contributed by atoms with Crippen molar-refractivity contribution in [2.45, 2.75) is 27.2 Å². The van der Waals surface area contributed by atoms with Gasteiger partial charge in [-0.15, -0.1) is 11.8 Å². The highest BCUT2D eigenvalue weighted by molar-refractivity contribution is 8.02. The minimum absolute atomic E-state index is 0.833. The smallest absolute Gasteiger partial charge is 0.000884 e. The van der Waals surface area contributed by atoms with Crippen LogP contribution in [0.3, 0.4) is 0 Å². The van der Waals surface area contributed by atoms with Gasteiger partial charge in [-0.05, 0) is 17.7 Å². The van der Waals surface area contributed by atoms with E-state index in [4.69, 9.17) is 0 Å². The summed E-state index contributed by atoms with van der Waals surface area (Å²) in [5, 5.41) is 2.15. The Hall–Kier alpha value is 0.0900. The van der Waals surface area contributed by atoms with E-state index in [9.17, 15) is 0 Å². The zero-order valence-corrected chi connectivity index (χ0v) is 7.37. The zero-order valence-electron chi connectivity index (χ0n) is 6.55. The van der Waals surface area contributed by atoms with Crippen LogP contribution in [0.5, 0.6) is 0 Å². The monoisotopic (exact) mass is 144 g/mol. The summed E-state index contributed by atoms with van der Waals surface area (Å²) in [6.45, 7) is 6.50. The summed E-state index contributed by atoms with van der Waals surface area (Å²) >= 11 is 1.89. The molecule has 0 unspecified atom stereocenters. The summed E-state index contributed by atoms with van der Waals surface area (Å²) in [6.07, 6.45) is 3.48. The highest BCUT2D eigenvalue weighted by Crippen LogP contribution is 2.11. The quantitative estimate of drug-likeness (QED) is 0.502. The van der Waals surface area contributed by atoms with Crippen molar-refractivity contribution >= 4 is 11.8 Å². The van der Waals surface area contributed by atoms with Crippen LogP contribution in [0.25, 0.3) is 0 Å². The van der Waals surface area contributed by atoms with Crippen molar-refractivity contribution in [1.82, 2.24) is 0 Å². The van der Waals surface area contributed by atoms with Crippen LogP contribution < -0.4 is 0 Å². The van der Waals surface area contributed by atoms with Gasteiger partial charge in [0.2, 0.25) is 0 Å². The molecule has 0 saturated heterocycles. The van der Waals surface area contributed by atoms with Crippen LogP contribution >= 0.6 is 11.8 Å². The fourth-order valence-electron chi connectivity index (χ4n) is 0.340. The molecule has 0 fully saturated rings. The molecule has 0 radical (unpaired) electrons. The molecular weight excluding hydrogens is 128 g/mol. The van der Waals surface area contributed by atoms with E-state index in [0.29, 0.717) is 0 Å². The van der Waals surface area contributed by atoms with Gasteiger partial charge in [0.05, 0.1) is 0 Å². The van der Waals surface area contributed by atoms with E-state index in [1.54, 1.807) is 0 Å². The highest BCUT2D eigenvalue weighted by atomic mass is 32.2. The number of thioether (sulfide) groups is 1. The molecule has 0 aliphatic carbocycles. The van der Waals surface area contributed by atoms with E-state index < -0.39 is 0 Å². The van der Waals surface area contributed by atoms with E-state index in [2.05, 4.69) is 32.3 Å². The number of allylic oxidation sites excluding steroid dienone is 1. The van der Waals surface area contributed by atoms with Crippen molar-refractivity contribution in [2.75, 3.05) is 5.75 Å². The van der Waals surface area contributed by atoms with E-state index in [1.807, 2.05) is 11.8 Å². The molecule has 54 valence electrons. The molecule has 0 amide bonds. The zero-order chi connectivity index (χ0) is 7.11. The predicted octanol–water partition coefficient (Wildman–Crippen LogP) is 3.30. The van der Waals surface area contributed by atoms with Gasteiger partial charge in [0.15, 0.2) is 0 Å². The second-order valence-corrected chi connectivity index (χ2v) is 3.78. The van der Waals surface area contributed by atoms with E-state index in [0.717, 1.165) is 5.92 Å². The first kappa shape index (κ1) is 9.09. The molecular formula is C8H16S. The maximum Gasteiger partial charge on any atom is 0.000884 e. The third-order valence-electron chi connectivity index (χ3n) is 0.595. The normalized spacial score (nSPS) is 15.6. The summed E-state index contributed by atoms with van der Waals surface area (Å²) in [5.74, 6) is 2.14. The van der Waals surface area contributed by atoms with Crippen molar-refractivity contribution in [2.24, 2.45) is 5.92 Å². The second-order valence-electron chi connectivity index (χ2n) is 2.76. The Morgan fingerprint density at radius 3 is 2.00 bits per heavy atom. The number of rotatable bonds is 0. The highest BCUT2D eigenvalue weighted by Gasteiger charge is 1.85. The van der Waals surface area contributed by atoms with Gasteiger partial charge >= 0.3 is 0 Å². The molecule has 0 N–H and O–H groups in total. The molecule has 0 bridgehead atoms. The number of hydrogen-bond acceptors (Lipinski definition) is 1. The van der Waals surface area contributed by atoms with Gasteiger partial charge in [0, 0.05) is 5.75 Å². The largest absolute Gasteiger partial charge is 0.134 e. The first-order chi connectivity index (χ1) is 4.23. The van der Waals surface area contributed by atoms with Crippen molar-refractivity contribution in [3.05, 3.63) is 11.5 Å². The van der Waals surface area contributed by atoms with Crippen molar-refractivity contribution in [1.29, 1.82) is 0 Å². The minimum atomic E-state index is 0.833. The SMILES string of the molecule is C1=CSCC1.CC(C)C. The molecule has 0 spiro atoms. The van der Waals surface area contributed by atoms with Gasteiger partial charge in [-0.2, -0.15) is 0 Å². The molecule has 9 heavy (non-hydrogen) atoms. The van der Waals surface area contributed by atoms with Gasteiger partial charge in [-0.25, -0.2) is 0 Å². The maximum atomic E-state index is 2.20. The lowest BCUT2D eigenvalue weighted by Gasteiger charge is -1.79. The summed E-state index contributed by atoms with van der Waals surface area (Å²) < 4.78 is 0. The Kier molecular flexibility index (Phi) is 6.28. The van der Waals surface area contributed by atoms with Crippen molar-refractivity contribution in [3.8, 4) is 0 Å². The molecule has 1 rings (SSSR count). The van der Waals surface area contributed by atoms with Gasteiger partial charge in [0.1, 0.15) is 0 Å². The van der Waals surface area contributed by atoms with Crippen LogP contribution in [0.4, 0.5) is 0 Å². The fourth-order valence-corrected chi connectivity index (χ4v) is 1.02. The fraction of sp³-hybridized carbons (Fsp3) is 0.750. The van der Waals surface area contributed by atoms with Gasteiger partial charge in [-0.1, -0.05) is 26.8 Å². The molecule has 0 aromatic carbocycles. The van der Waals surface area contributed by atoms with Crippen LogP contribution in [0.15, 0.2) is 11.5 Å². The molecule has 0 atom stereocenters. The van der Waals surface area contributed by atoms with Crippen LogP contribution in [-0.2, 0) is 0 Å². The standard InChI is InChI=1S/C4H6S.C4H10/c1-2-4-5-3-1;1-4(2)3/h1,3H,2,4H2;4H,1-3H3. The molecule has 1 heterocycles. The van der Waals surface area contributed by atoms with E-state index in [-0.39, 0.29) is 0 Å². The molecule has 1 heteroatoms. The summed E-state index contributed by atoms with van der Waals surface area (Å²) in [4.78, 5) is 0. The summed E-state index contributed by atoms with van der Waals surface area (Å²) in [6, 6.07) is 0. The third-order valence-corrected chi connectivity index (χ3v) is 1.45. The topological polar surface area (TPSA) is 0 Å². The van der Waals surface area contributed by atoms with Gasteiger partial charge in [-0.3, -0.25) is 0 Å². The molecule has 0 aromatic heterocycles. The lowest BCUT2D eigenvalue weighted by Crippen LogP contribution is -1.66. The molecule has 1 aliphatic rings. The Morgan fingerprint density at radius 2 is 1.89 bits per heavy atom. The molecule has 0 nitrogen and oxygen atoms in total. The Balaban J connectivity index is 0.000000148. The van der Waals surface area contributed by atoms with E-state index >= 15 is 0 Å². The van der Waals surface area contributed by atoms with Crippen molar-refractivity contribution in [3.63, 3.8) is 0 Å². The lowest BCUT2D eigenvalue weighted by molar-refractivity contribution is 0.737. The van der Waals surface area contributed by atoms with Crippen LogP contribution in [-0.4, -0.2) is 5.75 Å². The first-order valence-electron chi connectivity index (χ1n) is 3.50. The minimum Gasteiger partial charge on any atom is -0.134 e. The second kappa shape index (κ2) is 6.21. The average molecular weight is 144 g/mol. The van der Waals surface area contributed by atoms with Crippen molar-refractivity contribution < 1.29 is 0 Å².